The van der Waals surface area contributed by atoms with Crippen molar-refractivity contribution in [2.24, 2.45) is 0 Å². The van der Waals surface area contributed by atoms with Crippen LogP contribution in [0.3, 0.4) is 0 Å². The van der Waals surface area contributed by atoms with Gasteiger partial charge >= 0.3 is 0 Å². The maximum absolute atomic E-state index is 14.1. The van der Waals surface area contributed by atoms with Crippen LogP contribution in [0, 0.1) is 5.82 Å². The van der Waals surface area contributed by atoms with Crippen LogP contribution in [-0.2, 0) is 11.0 Å². The van der Waals surface area contributed by atoms with Gasteiger partial charge in [0.1, 0.15) is 11.6 Å². The van der Waals surface area contributed by atoms with Gasteiger partial charge in [-0.25, -0.2) is 17.4 Å². The van der Waals surface area contributed by atoms with Crippen molar-refractivity contribution in [2.75, 3.05) is 45.2 Å². The molecule has 1 aromatic heterocycles. The Hall–Kier alpha value is -3.04. The third-order valence-corrected chi connectivity index (χ3v) is 7.73. The predicted octanol–water partition coefficient (Wildman–Crippen LogP) is 5.20. The molecule has 4 aromatic rings. The third-order valence-electron chi connectivity index (χ3n) is 6.35. The third kappa shape index (κ3) is 3.82. The van der Waals surface area contributed by atoms with Crippen LogP contribution in [0.15, 0.2) is 59.6 Å². The highest BCUT2D eigenvalue weighted by Gasteiger charge is 2.25. The van der Waals surface area contributed by atoms with Crippen LogP contribution in [0.1, 0.15) is 12.0 Å². The molecular formula is C25H24F3N3O2S. The fraction of sp³-hybridized carbons (Fsp3) is 0.280. The Labute approximate surface area is 197 Å². The molecule has 0 aliphatic carbocycles. The van der Waals surface area contributed by atoms with E-state index in [2.05, 4.69) is 16.8 Å². The van der Waals surface area contributed by atoms with E-state index in [9.17, 15) is 17.4 Å². The Morgan fingerprint density at radius 3 is 2.35 bits per heavy atom. The standard InChI is InChI=1S/C25H24F3N3O2S/c1-29-9-11-30(12-10-29)22-14-23(18-5-3-4-6-19(18)24(22)33-2)34(32)31-15-20(25(27)28)17-8-7-16(26)13-21(17)31/h3-8,13-15,25H,9-12H2,1-2H3. The molecule has 5 rings (SSSR count). The number of nitrogens with zero attached hydrogens (tertiary/aromatic N) is 3. The zero-order chi connectivity index (χ0) is 24.0. The number of fused-ring (bicyclic) bond motifs is 2. The van der Waals surface area contributed by atoms with Gasteiger partial charge in [-0.15, -0.1) is 0 Å². The molecule has 9 heteroatoms. The summed E-state index contributed by atoms with van der Waals surface area (Å²) in [6, 6.07) is 12.8. The van der Waals surface area contributed by atoms with E-state index >= 15 is 0 Å². The molecule has 34 heavy (non-hydrogen) atoms. The Morgan fingerprint density at radius 1 is 0.971 bits per heavy atom. The predicted molar refractivity (Wildman–Crippen MR) is 129 cm³/mol. The van der Waals surface area contributed by atoms with Crippen molar-refractivity contribution in [3.05, 3.63) is 66.1 Å². The number of alkyl halides is 2. The van der Waals surface area contributed by atoms with Crippen LogP contribution >= 0.6 is 0 Å². The summed E-state index contributed by atoms with van der Waals surface area (Å²) in [4.78, 5) is 4.87. The largest absolute Gasteiger partial charge is 0.494 e. The first-order valence-electron chi connectivity index (χ1n) is 10.9. The van der Waals surface area contributed by atoms with E-state index in [-0.39, 0.29) is 16.5 Å². The summed E-state index contributed by atoms with van der Waals surface area (Å²) in [5.41, 5.74) is 0.685. The molecule has 2 heterocycles. The average molecular weight is 488 g/mol. The number of ether oxygens (including phenoxy) is 1. The van der Waals surface area contributed by atoms with Gasteiger partial charge in [-0.3, -0.25) is 3.97 Å². The number of aromatic nitrogens is 1. The molecule has 0 radical (unpaired) electrons. The topological polar surface area (TPSA) is 37.7 Å². The maximum atomic E-state index is 14.1. The van der Waals surface area contributed by atoms with Crippen LogP contribution in [-0.4, -0.2) is 53.4 Å². The Bertz CT molecular complexity index is 1400. The summed E-state index contributed by atoms with van der Waals surface area (Å²) in [5.74, 6) is 0.0972. The van der Waals surface area contributed by atoms with E-state index < -0.39 is 23.2 Å². The second kappa shape index (κ2) is 8.96. The Balaban J connectivity index is 1.73. The summed E-state index contributed by atoms with van der Waals surface area (Å²) in [7, 11) is 1.76. The lowest BCUT2D eigenvalue weighted by Crippen LogP contribution is -2.44. The summed E-state index contributed by atoms with van der Waals surface area (Å²) < 4.78 is 62.5. The van der Waals surface area contributed by atoms with Gasteiger partial charge in [0.05, 0.1) is 23.2 Å². The second-order valence-corrected chi connectivity index (χ2v) is 9.72. The molecule has 0 spiro atoms. The molecule has 1 fully saturated rings. The fourth-order valence-corrected chi connectivity index (χ4v) is 5.89. The number of benzene rings is 3. The van der Waals surface area contributed by atoms with Crippen molar-refractivity contribution in [1.82, 2.24) is 8.87 Å². The van der Waals surface area contributed by atoms with E-state index in [1.165, 1.54) is 16.2 Å². The minimum atomic E-state index is -2.78. The van der Waals surface area contributed by atoms with E-state index in [1.807, 2.05) is 30.3 Å². The maximum Gasteiger partial charge on any atom is 0.265 e. The molecule has 0 saturated carbocycles. The lowest BCUT2D eigenvalue weighted by molar-refractivity contribution is 0.153. The molecule has 0 amide bonds. The molecule has 1 aliphatic heterocycles. The quantitative estimate of drug-likeness (QED) is 0.388. The van der Waals surface area contributed by atoms with Crippen LogP contribution < -0.4 is 9.64 Å². The highest BCUT2D eigenvalue weighted by molar-refractivity contribution is 7.84. The second-order valence-electron chi connectivity index (χ2n) is 8.38. The number of rotatable bonds is 5. The summed E-state index contributed by atoms with van der Waals surface area (Å²) in [6.45, 7) is 3.27. The minimum absolute atomic E-state index is 0.162. The van der Waals surface area contributed by atoms with E-state index in [0.717, 1.165) is 49.4 Å². The minimum Gasteiger partial charge on any atom is -0.494 e. The van der Waals surface area contributed by atoms with E-state index in [4.69, 9.17) is 4.74 Å². The number of methoxy groups -OCH3 is 1. The molecule has 178 valence electrons. The highest BCUT2D eigenvalue weighted by atomic mass is 32.2. The van der Waals surface area contributed by atoms with Crippen molar-refractivity contribution >= 4 is 38.3 Å². The number of piperazine rings is 1. The number of hydrogen-bond acceptors (Lipinski definition) is 4. The van der Waals surface area contributed by atoms with Crippen molar-refractivity contribution in [2.45, 2.75) is 11.3 Å². The molecule has 1 atom stereocenters. The zero-order valence-electron chi connectivity index (χ0n) is 18.8. The van der Waals surface area contributed by atoms with E-state index in [0.29, 0.717) is 16.0 Å². The molecular weight excluding hydrogens is 463 g/mol. The van der Waals surface area contributed by atoms with Crippen LogP contribution in [0.25, 0.3) is 21.7 Å². The summed E-state index contributed by atoms with van der Waals surface area (Å²) in [6.07, 6.45) is -1.61. The fourth-order valence-electron chi connectivity index (χ4n) is 4.56. The molecule has 5 nitrogen and oxygen atoms in total. The van der Waals surface area contributed by atoms with Crippen molar-refractivity contribution in [3.8, 4) is 5.75 Å². The van der Waals surface area contributed by atoms with Crippen LogP contribution in [0.4, 0.5) is 18.9 Å². The van der Waals surface area contributed by atoms with Crippen molar-refractivity contribution in [3.63, 3.8) is 0 Å². The smallest absolute Gasteiger partial charge is 0.265 e. The number of hydrogen-bond donors (Lipinski definition) is 0. The SMILES string of the molecule is COc1c(N2CCN(C)CC2)cc(S(=O)n2cc(C(F)F)c3ccc(F)cc32)c2ccccc12. The Morgan fingerprint density at radius 2 is 1.68 bits per heavy atom. The molecule has 1 unspecified atom stereocenters. The summed E-state index contributed by atoms with van der Waals surface area (Å²) in [5, 5.41) is 1.65. The molecule has 3 aromatic carbocycles. The normalized spacial score (nSPS) is 16.0. The lowest BCUT2D eigenvalue weighted by Gasteiger charge is -2.35. The molecule has 1 aliphatic rings. The number of likely N-dealkylation sites (N-methyl/N-ethyl adjacent to an activating group) is 1. The molecule has 0 bridgehead atoms. The first-order chi connectivity index (χ1) is 16.4. The van der Waals surface area contributed by atoms with Gasteiger partial charge in [-0.1, -0.05) is 24.3 Å². The first kappa shape index (κ1) is 22.7. The lowest BCUT2D eigenvalue weighted by atomic mass is 10.1. The van der Waals surface area contributed by atoms with Crippen LogP contribution in [0.2, 0.25) is 0 Å². The van der Waals surface area contributed by atoms with E-state index in [1.54, 1.807) is 7.11 Å². The van der Waals surface area contributed by atoms with Crippen molar-refractivity contribution < 1.29 is 22.1 Å². The Kier molecular flexibility index (Phi) is 5.99. The molecule has 1 saturated heterocycles. The van der Waals surface area contributed by atoms with Gasteiger partial charge in [0.2, 0.25) is 0 Å². The number of anilines is 1. The van der Waals surface area contributed by atoms with Gasteiger partial charge in [0.25, 0.3) is 6.43 Å². The zero-order valence-corrected chi connectivity index (χ0v) is 19.6. The van der Waals surface area contributed by atoms with Gasteiger partial charge in [-0.05, 0) is 31.3 Å². The number of halogens is 3. The van der Waals surface area contributed by atoms with Gasteiger partial charge < -0.3 is 14.5 Å². The summed E-state index contributed by atoms with van der Waals surface area (Å²) >= 11 is 0. The average Bonchev–Trinajstić information content (AvgIpc) is 3.22. The van der Waals surface area contributed by atoms with Crippen LogP contribution in [0.5, 0.6) is 5.75 Å². The van der Waals surface area contributed by atoms with Gasteiger partial charge in [0.15, 0.2) is 11.0 Å². The van der Waals surface area contributed by atoms with Crippen molar-refractivity contribution in [1.29, 1.82) is 0 Å². The van der Waals surface area contributed by atoms with Gasteiger partial charge in [-0.2, -0.15) is 0 Å². The highest BCUT2D eigenvalue weighted by Crippen LogP contribution is 2.41. The monoisotopic (exact) mass is 487 g/mol. The first-order valence-corrected chi connectivity index (χ1v) is 12.0. The van der Waals surface area contributed by atoms with Gasteiger partial charge in [0, 0.05) is 54.1 Å². The molecule has 0 N–H and O–H groups in total.